The Morgan fingerprint density at radius 3 is 2.50 bits per heavy atom. The Morgan fingerprint density at radius 2 is 1.77 bits per heavy atom. The van der Waals surface area contributed by atoms with Crippen molar-refractivity contribution in [2.75, 3.05) is 13.2 Å². The van der Waals surface area contributed by atoms with Crippen LogP contribution in [-0.2, 0) is 33.5 Å². The van der Waals surface area contributed by atoms with Gasteiger partial charge in [0.15, 0.2) is 12.4 Å². The Bertz CT molecular complexity index is 1130. The van der Waals surface area contributed by atoms with Gasteiger partial charge < -0.3 is 20.3 Å². The molecule has 40 heavy (non-hydrogen) atoms. The van der Waals surface area contributed by atoms with E-state index in [1.165, 1.54) is 0 Å². The fourth-order valence-electron chi connectivity index (χ4n) is 8.12. The summed E-state index contributed by atoms with van der Waals surface area (Å²) in [7, 11) is 0. The van der Waals surface area contributed by atoms with Crippen LogP contribution in [-0.4, -0.2) is 64.2 Å². The second-order valence-corrected chi connectivity index (χ2v) is 12.6. The number of carbonyl (C=O) groups is 6. The molecule has 3 N–H and O–H groups in total. The van der Waals surface area contributed by atoms with Crippen LogP contribution in [0.3, 0.4) is 0 Å². The molecule has 0 radical (unpaired) electrons. The van der Waals surface area contributed by atoms with Crippen molar-refractivity contribution >= 4 is 35.2 Å². The van der Waals surface area contributed by atoms with E-state index < -0.39 is 35.3 Å². The average Bonchev–Trinajstić information content (AvgIpc) is 3.16. The number of fused-ring (bicyclic) bond motifs is 5. The molecule has 0 bridgehead atoms. The lowest BCUT2D eigenvalue weighted by atomic mass is 9.46. The Hall–Kier alpha value is -2.88. The van der Waals surface area contributed by atoms with Gasteiger partial charge in [-0.3, -0.25) is 28.8 Å². The van der Waals surface area contributed by atoms with Crippen molar-refractivity contribution in [1.29, 1.82) is 0 Å². The van der Waals surface area contributed by atoms with Crippen LogP contribution in [0.4, 0.5) is 0 Å². The molecule has 10 heteroatoms. The highest BCUT2D eigenvalue weighted by atomic mass is 16.5. The monoisotopic (exact) mass is 559 g/mol. The molecule has 0 aromatic rings. The van der Waals surface area contributed by atoms with Crippen molar-refractivity contribution in [1.82, 2.24) is 5.32 Å². The zero-order chi connectivity index (χ0) is 29.3. The summed E-state index contributed by atoms with van der Waals surface area (Å²) in [6.07, 6.45) is 5.77. The molecule has 0 unspecified atom stereocenters. The molecule has 0 heterocycles. The van der Waals surface area contributed by atoms with E-state index in [-0.39, 0.29) is 72.7 Å². The van der Waals surface area contributed by atoms with Gasteiger partial charge in [0.25, 0.3) is 0 Å². The topological polar surface area (TPSA) is 164 Å². The van der Waals surface area contributed by atoms with Crippen molar-refractivity contribution in [3.8, 4) is 0 Å². The van der Waals surface area contributed by atoms with E-state index in [9.17, 15) is 33.9 Å². The quantitative estimate of drug-likeness (QED) is 0.255. The number of aliphatic hydroxyl groups is 1. The zero-order valence-electron chi connectivity index (χ0n) is 23.5. The fraction of sp³-hybridized carbons (Fsp3) is 0.733. The third kappa shape index (κ3) is 5.51. The van der Waals surface area contributed by atoms with Crippen LogP contribution in [0.5, 0.6) is 0 Å². The second-order valence-electron chi connectivity index (χ2n) is 12.6. The number of hydrogen-bond acceptors (Lipinski definition) is 8. The molecule has 220 valence electrons. The van der Waals surface area contributed by atoms with Gasteiger partial charge in [0.2, 0.25) is 11.7 Å². The normalized spacial score (nSPS) is 34.7. The van der Waals surface area contributed by atoms with Gasteiger partial charge in [0, 0.05) is 43.6 Å². The van der Waals surface area contributed by atoms with Gasteiger partial charge in [-0.15, -0.1) is 0 Å². The number of amides is 1. The lowest BCUT2D eigenvalue weighted by Crippen LogP contribution is -2.61. The first kappa shape index (κ1) is 30.1. The number of rotatable bonds is 11. The molecule has 0 spiro atoms. The summed E-state index contributed by atoms with van der Waals surface area (Å²) in [5.74, 6) is -2.71. The summed E-state index contributed by atoms with van der Waals surface area (Å²) in [5.41, 5.74) is -2.05. The van der Waals surface area contributed by atoms with E-state index in [0.717, 1.165) is 18.4 Å². The Kier molecular flexibility index (Phi) is 8.68. The maximum absolute atomic E-state index is 13.7. The standard InChI is InChI=1S/C30H41NO9/c1-28-12-10-19(32)15-18(28)6-7-20-21-11-13-30(39,29(21,2)16-22(33)27(20)28)23(34)17-40-26(38)9-8-24(35)31-14-4-3-5-25(36)37/h15,20-21,27,39H,3-14,16-17H2,1-2H3,(H,31,35)(H,36,37)/t20-,21-,27+,28-,29-,30-/m0/s1. The number of Topliss-reactive ketones (excluding diaryl/α,β-unsaturated/α-hetero) is 2. The number of carboxylic acids is 1. The highest BCUT2D eigenvalue weighted by Crippen LogP contribution is 2.66. The molecular weight excluding hydrogens is 518 g/mol. The van der Waals surface area contributed by atoms with E-state index >= 15 is 0 Å². The van der Waals surface area contributed by atoms with Crippen LogP contribution in [0.1, 0.15) is 90.9 Å². The van der Waals surface area contributed by atoms with Crippen LogP contribution in [0, 0.1) is 28.6 Å². The van der Waals surface area contributed by atoms with Crippen LogP contribution in [0.25, 0.3) is 0 Å². The summed E-state index contributed by atoms with van der Waals surface area (Å²) >= 11 is 0. The minimum absolute atomic E-state index is 0.0219. The highest BCUT2D eigenvalue weighted by molar-refractivity contribution is 5.95. The molecule has 4 aliphatic rings. The summed E-state index contributed by atoms with van der Waals surface area (Å²) in [4.78, 5) is 73.7. The molecular formula is C30H41NO9. The Balaban J connectivity index is 1.32. The van der Waals surface area contributed by atoms with Crippen LogP contribution in [0.2, 0.25) is 0 Å². The maximum atomic E-state index is 13.7. The third-order valence-corrected chi connectivity index (χ3v) is 10.3. The molecule has 0 saturated heterocycles. The molecule has 0 aromatic carbocycles. The van der Waals surface area contributed by atoms with Gasteiger partial charge in [-0.05, 0) is 68.3 Å². The number of carboxylic acid groups (broad SMARTS) is 1. The van der Waals surface area contributed by atoms with Crippen LogP contribution < -0.4 is 5.32 Å². The fourth-order valence-corrected chi connectivity index (χ4v) is 8.12. The van der Waals surface area contributed by atoms with E-state index in [2.05, 4.69) is 12.2 Å². The largest absolute Gasteiger partial charge is 0.481 e. The summed E-state index contributed by atoms with van der Waals surface area (Å²) in [6, 6.07) is 0. The predicted octanol–water partition coefficient (Wildman–Crippen LogP) is 2.69. The number of hydrogen-bond donors (Lipinski definition) is 3. The smallest absolute Gasteiger partial charge is 0.306 e. The summed E-state index contributed by atoms with van der Waals surface area (Å²) in [6.45, 7) is 3.59. The summed E-state index contributed by atoms with van der Waals surface area (Å²) < 4.78 is 5.14. The van der Waals surface area contributed by atoms with E-state index in [1.54, 1.807) is 6.08 Å². The zero-order valence-corrected chi connectivity index (χ0v) is 23.5. The molecule has 0 aromatic heterocycles. The van der Waals surface area contributed by atoms with Gasteiger partial charge in [0.05, 0.1) is 6.42 Å². The molecule has 3 fully saturated rings. The summed E-state index contributed by atoms with van der Waals surface area (Å²) in [5, 5.41) is 22.9. The van der Waals surface area contributed by atoms with Crippen LogP contribution >= 0.6 is 0 Å². The van der Waals surface area contributed by atoms with Crippen LogP contribution in [0.15, 0.2) is 11.6 Å². The second kappa shape index (κ2) is 11.5. The molecule has 10 nitrogen and oxygen atoms in total. The molecule has 1 amide bonds. The third-order valence-electron chi connectivity index (χ3n) is 10.3. The van der Waals surface area contributed by atoms with Crippen molar-refractivity contribution in [2.24, 2.45) is 28.6 Å². The number of carbonyl (C=O) groups excluding carboxylic acids is 5. The molecule has 0 aliphatic heterocycles. The van der Waals surface area contributed by atoms with Gasteiger partial charge >= 0.3 is 11.9 Å². The van der Waals surface area contributed by atoms with Gasteiger partial charge in [-0.2, -0.15) is 0 Å². The van der Waals surface area contributed by atoms with Crippen molar-refractivity contribution in [3.63, 3.8) is 0 Å². The minimum Gasteiger partial charge on any atom is -0.481 e. The Morgan fingerprint density at radius 1 is 1.02 bits per heavy atom. The highest BCUT2D eigenvalue weighted by Gasteiger charge is 2.68. The number of nitrogens with one attached hydrogen (secondary N) is 1. The van der Waals surface area contributed by atoms with Gasteiger partial charge in [0.1, 0.15) is 11.4 Å². The number of aliphatic carboxylic acids is 1. The molecule has 4 aliphatic carbocycles. The first-order valence-corrected chi connectivity index (χ1v) is 14.5. The van der Waals surface area contributed by atoms with Gasteiger partial charge in [-0.1, -0.05) is 19.4 Å². The predicted molar refractivity (Wildman–Crippen MR) is 142 cm³/mol. The SMILES string of the molecule is C[C@]12CCC(=O)C=C1CC[C@@H]1[C@@H]2C(=O)C[C@@]2(C)[C@H]1CC[C@]2(O)C(=O)COC(=O)CCC(=O)NCCCCC(=O)O. The lowest BCUT2D eigenvalue weighted by Gasteiger charge is -2.57. The van der Waals surface area contributed by atoms with E-state index in [0.29, 0.717) is 38.6 Å². The first-order valence-electron chi connectivity index (χ1n) is 14.5. The number of esters is 1. The minimum atomic E-state index is -1.79. The van der Waals surface area contributed by atoms with E-state index in [1.807, 2.05) is 6.92 Å². The number of ketones is 3. The first-order chi connectivity index (χ1) is 18.8. The average molecular weight is 560 g/mol. The lowest BCUT2D eigenvalue weighted by molar-refractivity contribution is -0.173. The number of allylic oxidation sites excluding steroid dienone is 1. The number of ether oxygens (including phenoxy) is 1. The molecule has 6 atom stereocenters. The number of unbranched alkanes of at least 4 members (excludes halogenated alkanes) is 1. The van der Waals surface area contributed by atoms with Crippen molar-refractivity contribution in [3.05, 3.63) is 11.6 Å². The van der Waals surface area contributed by atoms with Crippen molar-refractivity contribution < 1.29 is 43.7 Å². The van der Waals surface area contributed by atoms with Gasteiger partial charge in [-0.25, -0.2) is 0 Å². The van der Waals surface area contributed by atoms with Crippen molar-refractivity contribution in [2.45, 2.75) is 96.5 Å². The molecule has 3 saturated carbocycles. The maximum Gasteiger partial charge on any atom is 0.306 e. The van der Waals surface area contributed by atoms with E-state index in [4.69, 9.17) is 9.84 Å². The Labute approximate surface area is 234 Å². The molecule has 4 rings (SSSR count).